The number of rotatable bonds is 4. The minimum atomic E-state index is 0.541. The first-order valence-electron chi connectivity index (χ1n) is 3.62. The predicted octanol–water partition coefficient (Wildman–Crippen LogP) is 2.55. The van der Waals surface area contributed by atoms with Crippen molar-refractivity contribution in [2.75, 3.05) is 6.61 Å². The van der Waals surface area contributed by atoms with Crippen LogP contribution in [0.2, 0.25) is 0 Å². The molecule has 0 spiro atoms. The Morgan fingerprint density at radius 1 is 1.58 bits per heavy atom. The second-order valence-corrected chi connectivity index (χ2v) is 3.19. The first-order valence-corrected chi connectivity index (χ1v) is 4.41. The Bertz CT molecular complexity index is 245. The van der Waals surface area contributed by atoms with Crippen LogP contribution in [0, 0.1) is 0 Å². The number of hydrogen-bond donors (Lipinski definition) is 0. The lowest BCUT2D eigenvalue weighted by atomic mass is 10.4. The van der Waals surface area contributed by atoms with E-state index in [0.29, 0.717) is 13.2 Å². The SMILES string of the molecule is C=CCOCc1ccc(Br)cn1. The van der Waals surface area contributed by atoms with Crippen molar-refractivity contribution < 1.29 is 4.74 Å². The van der Waals surface area contributed by atoms with Gasteiger partial charge in [-0.25, -0.2) is 0 Å². The predicted molar refractivity (Wildman–Crippen MR) is 51.8 cm³/mol. The average Bonchev–Trinajstić information content (AvgIpc) is 2.09. The normalized spacial score (nSPS) is 9.75. The van der Waals surface area contributed by atoms with E-state index in [2.05, 4.69) is 27.5 Å². The highest BCUT2D eigenvalue weighted by atomic mass is 79.9. The van der Waals surface area contributed by atoms with Crippen LogP contribution in [-0.4, -0.2) is 11.6 Å². The molecule has 2 nitrogen and oxygen atoms in total. The van der Waals surface area contributed by atoms with E-state index in [9.17, 15) is 0 Å². The van der Waals surface area contributed by atoms with Crippen molar-refractivity contribution in [2.24, 2.45) is 0 Å². The average molecular weight is 228 g/mol. The van der Waals surface area contributed by atoms with Gasteiger partial charge >= 0.3 is 0 Å². The zero-order chi connectivity index (χ0) is 8.81. The molecule has 0 atom stereocenters. The Kier molecular flexibility index (Phi) is 3.97. The number of pyridine rings is 1. The molecule has 0 aliphatic heterocycles. The van der Waals surface area contributed by atoms with E-state index in [1.807, 2.05) is 12.1 Å². The monoisotopic (exact) mass is 227 g/mol. The lowest BCUT2D eigenvalue weighted by molar-refractivity contribution is 0.146. The minimum Gasteiger partial charge on any atom is -0.371 e. The van der Waals surface area contributed by atoms with Crippen LogP contribution in [0.15, 0.2) is 35.5 Å². The number of halogens is 1. The maximum absolute atomic E-state index is 5.21. The summed E-state index contributed by atoms with van der Waals surface area (Å²) in [7, 11) is 0. The molecule has 0 aromatic carbocycles. The van der Waals surface area contributed by atoms with Gasteiger partial charge in [-0.3, -0.25) is 4.98 Å². The molecule has 0 aliphatic rings. The van der Waals surface area contributed by atoms with Gasteiger partial charge in [0.1, 0.15) is 0 Å². The lowest BCUT2D eigenvalue weighted by Crippen LogP contribution is -1.94. The van der Waals surface area contributed by atoms with E-state index >= 15 is 0 Å². The van der Waals surface area contributed by atoms with Crippen molar-refractivity contribution in [1.29, 1.82) is 0 Å². The van der Waals surface area contributed by atoms with E-state index < -0.39 is 0 Å². The van der Waals surface area contributed by atoms with Crippen LogP contribution in [0.4, 0.5) is 0 Å². The second-order valence-electron chi connectivity index (χ2n) is 2.27. The molecule has 1 aromatic heterocycles. The highest BCUT2D eigenvalue weighted by Crippen LogP contribution is 2.07. The van der Waals surface area contributed by atoms with E-state index in [4.69, 9.17) is 4.74 Å². The first kappa shape index (κ1) is 9.42. The molecule has 0 unspecified atom stereocenters. The van der Waals surface area contributed by atoms with Crippen LogP contribution in [0.25, 0.3) is 0 Å². The lowest BCUT2D eigenvalue weighted by Gasteiger charge is -1.99. The Hall–Kier alpha value is -0.670. The van der Waals surface area contributed by atoms with Crippen LogP contribution >= 0.6 is 15.9 Å². The van der Waals surface area contributed by atoms with Crippen molar-refractivity contribution >= 4 is 15.9 Å². The molecule has 0 bridgehead atoms. The summed E-state index contributed by atoms with van der Waals surface area (Å²) in [5.41, 5.74) is 0.931. The van der Waals surface area contributed by atoms with Gasteiger partial charge in [-0.15, -0.1) is 6.58 Å². The molecule has 0 saturated heterocycles. The van der Waals surface area contributed by atoms with Gasteiger partial charge in [0.2, 0.25) is 0 Å². The summed E-state index contributed by atoms with van der Waals surface area (Å²) < 4.78 is 6.19. The van der Waals surface area contributed by atoms with E-state index in [1.165, 1.54) is 0 Å². The van der Waals surface area contributed by atoms with Gasteiger partial charge in [0.05, 0.1) is 18.9 Å². The molecule has 0 radical (unpaired) electrons. The van der Waals surface area contributed by atoms with E-state index in [1.54, 1.807) is 12.3 Å². The quantitative estimate of drug-likeness (QED) is 0.583. The molecule has 1 aromatic rings. The highest BCUT2D eigenvalue weighted by Gasteiger charge is 1.92. The number of hydrogen-bond acceptors (Lipinski definition) is 2. The van der Waals surface area contributed by atoms with E-state index in [-0.39, 0.29) is 0 Å². The summed E-state index contributed by atoms with van der Waals surface area (Å²) in [6.45, 7) is 4.66. The van der Waals surface area contributed by atoms with Gasteiger partial charge in [-0.1, -0.05) is 6.08 Å². The molecule has 12 heavy (non-hydrogen) atoms. The molecule has 0 amide bonds. The Balaban J connectivity index is 2.42. The topological polar surface area (TPSA) is 22.1 Å². The minimum absolute atomic E-state index is 0.541. The summed E-state index contributed by atoms with van der Waals surface area (Å²) in [4.78, 5) is 4.14. The van der Waals surface area contributed by atoms with Crippen LogP contribution < -0.4 is 0 Å². The Morgan fingerprint density at radius 3 is 3.00 bits per heavy atom. The summed E-state index contributed by atoms with van der Waals surface area (Å²) in [5.74, 6) is 0. The van der Waals surface area contributed by atoms with Crippen LogP contribution in [0.5, 0.6) is 0 Å². The van der Waals surface area contributed by atoms with Gasteiger partial charge in [0, 0.05) is 10.7 Å². The molecule has 0 fully saturated rings. The van der Waals surface area contributed by atoms with Crippen molar-refractivity contribution in [3.05, 3.63) is 41.2 Å². The maximum atomic E-state index is 5.21. The maximum Gasteiger partial charge on any atom is 0.0892 e. The Morgan fingerprint density at radius 2 is 2.42 bits per heavy atom. The third-order valence-corrected chi connectivity index (χ3v) is 1.74. The number of aromatic nitrogens is 1. The smallest absolute Gasteiger partial charge is 0.0892 e. The molecule has 0 aliphatic carbocycles. The highest BCUT2D eigenvalue weighted by molar-refractivity contribution is 9.10. The van der Waals surface area contributed by atoms with Gasteiger partial charge in [0.15, 0.2) is 0 Å². The number of ether oxygens (including phenoxy) is 1. The summed E-state index contributed by atoms with van der Waals surface area (Å²) >= 11 is 3.31. The molecule has 0 N–H and O–H groups in total. The van der Waals surface area contributed by atoms with Crippen molar-refractivity contribution in [2.45, 2.75) is 6.61 Å². The van der Waals surface area contributed by atoms with Crippen molar-refractivity contribution in [3.63, 3.8) is 0 Å². The van der Waals surface area contributed by atoms with Gasteiger partial charge in [0.25, 0.3) is 0 Å². The number of nitrogens with zero attached hydrogens (tertiary/aromatic N) is 1. The van der Waals surface area contributed by atoms with Crippen LogP contribution in [0.3, 0.4) is 0 Å². The zero-order valence-corrected chi connectivity index (χ0v) is 8.25. The third-order valence-electron chi connectivity index (χ3n) is 1.27. The van der Waals surface area contributed by atoms with E-state index in [0.717, 1.165) is 10.2 Å². The van der Waals surface area contributed by atoms with Gasteiger partial charge < -0.3 is 4.74 Å². The zero-order valence-electron chi connectivity index (χ0n) is 6.66. The fourth-order valence-electron chi connectivity index (χ4n) is 0.739. The molecule has 1 rings (SSSR count). The van der Waals surface area contributed by atoms with Crippen LogP contribution in [0.1, 0.15) is 5.69 Å². The fourth-order valence-corrected chi connectivity index (χ4v) is 0.973. The molecule has 3 heteroatoms. The molecular formula is C9H10BrNO. The molecule has 1 heterocycles. The first-order chi connectivity index (χ1) is 5.83. The van der Waals surface area contributed by atoms with Crippen LogP contribution in [-0.2, 0) is 11.3 Å². The van der Waals surface area contributed by atoms with Gasteiger partial charge in [-0.05, 0) is 28.1 Å². The molecular weight excluding hydrogens is 218 g/mol. The van der Waals surface area contributed by atoms with Gasteiger partial charge in [-0.2, -0.15) is 0 Å². The fraction of sp³-hybridized carbons (Fsp3) is 0.222. The standard InChI is InChI=1S/C9H10BrNO/c1-2-5-12-7-9-4-3-8(10)6-11-9/h2-4,6H,1,5,7H2. The summed E-state index contributed by atoms with van der Waals surface area (Å²) in [6.07, 6.45) is 3.48. The molecule has 0 saturated carbocycles. The summed E-state index contributed by atoms with van der Waals surface area (Å²) in [5, 5.41) is 0. The molecule has 64 valence electrons. The van der Waals surface area contributed by atoms with Crippen molar-refractivity contribution in [3.8, 4) is 0 Å². The van der Waals surface area contributed by atoms with Crippen molar-refractivity contribution in [1.82, 2.24) is 4.98 Å². The summed E-state index contributed by atoms with van der Waals surface area (Å²) in [6, 6.07) is 3.87. The largest absolute Gasteiger partial charge is 0.371 e. The Labute approximate surface area is 80.4 Å². The third kappa shape index (κ3) is 3.15. The second kappa shape index (κ2) is 5.06.